The van der Waals surface area contributed by atoms with Gasteiger partial charge in [0.25, 0.3) is 0 Å². The number of rotatable bonds is 8. The first-order chi connectivity index (χ1) is 14.9. The number of hydrogen-bond donors (Lipinski definition) is 2. The lowest BCUT2D eigenvalue weighted by Gasteiger charge is -2.14. The highest BCUT2D eigenvalue weighted by molar-refractivity contribution is 8.00. The molecule has 0 saturated carbocycles. The molecule has 10 heteroatoms. The number of primary amides is 1. The van der Waals surface area contributed by atoms with E-state index in [1.807, 2.05) is 60.0 Å². The highest BCUT2D eigenvalue weighted by atomic mass is 32.2. The molecule has 1 aromatic heterocycles. The molecule has 31 heavy (non-hydrogen) atoms. The quantitative estimate of drug-likeness (QED) is 0.515. The van der Waals surface area contributed by atoms with E-state index >= 15 is 0 Å². The first kappa shape index (κ1) is 22.2. The van der Waals surface area contributed by atoms with Gasteiger partial charge in [0.1, 0.15) is 11.5 Å². The molecule has 2 aromatic carbocycles. The predicted octanol–water partition coefficient (Wildman–Crippen LogP) is 3.02. The van der Waals surface area contributed by atoms with E-state index in [1.54, 1.807) is 14.0 Å². The third-order valence-corrected chi connectivity index (χ3v) is 5.33. The number of benzene rings is 2. The average molecular weight is 442 g/mol. The minimum Gasteiger partial charge on any atom is -0.497 e. The summed E-state index contributed by atoms with van der Waals surface area (Å²) < 4.78 is 12.6. The van der Waals surface area contributed by atoms with E-state index in [0.29, 0.717) is 17.6 Å². The Hall–Kier alpha value is -3.53. The smallest absolute Gasteiger partial charge is 0.318 e. The maximum Gasteiger partial charge on any atom is 0.318 e. The van der Waals surface area contributed by atoms with Crippen molar-refractivity contribution in [2.24, 2.45) is 5.73 Å². The van der Waals surface area contributed by atoms with Crippen molar-refractivity contribution in [2.75, 3.05) is 13.7 Å². The van der Waals surface area contributed by atoms with Crippen molar-refractivity contribution in [3.05, 3.63) is 48.5 Å². The molecule has 0 fully saturated rings. The zero-order valence-corrected chi connectivity index (χ0v) is 18.2. The van der Waals surface area contributed by atoms with Crippen molar-refractivity contribution >= 4 is 23.7 Å². The fourth-order valence-electron chi connectivity index (χ4n) is 2.80. The number of methoxy groups -OCH3 is 1. The molecule has 1 heterocycles. The summed E-state index contributed by atoms with van der Waals surface area (Å²) >= 11 is 1.17. The minimum atomic E-state index is -0.899. The van der Waals surface area contributed by atoms with Crippen molar-refractivity contribution < 1.29 is 19.1 Å². The second-order valence-electron chi connectivity index (χ2n) is 6.41. The van der Waals surface area contributed by atoms with Gasteiger partial charge in [-0.15, -0.1) is 10.2 Å². The number of urea groups is 1. The van der Waals surface area contributed by atoms with Crippen molar-refractivity contribution in [3.63, 3.8) is 0 Å². The van der Waals surface area contributed by atoms with Crippen LogP contribution in [0.1, 0.15) is 13.8 Å². The lowest BCUT2D eigenvalue weighted by atomic mass is 10.2. The Morgan fingerprint density at radius 3 is 2.32 bits per heavy atom. The molecule has 0 aliphatic carbocycles. The SMILES string of the molecule is CCOc1ccc(-n2c(SC(C)C(=O)NC(N)=O)nnc2-c2ccc(OC)cc2)cc1. The van der Waals surface area contributed by atoms with Gasteiger partial charge in [-0.25, -0.2) is 4.79 Å². The summed E-state index contributed by atoms with van der Waals surface area (Å²) in [7, 11) is 1.60. The van der Waals surface area contributed by atoms with E-state index in [1.165, 1.54) is 11.8 Å². The third kappa shape index (κ3) is 5.34. The summed E-state index contributed by atoms with van der Waals surface area (Å²) in [6.45, 7) is 4.15. The number of carbonyl (C=O) groups is 2. The third-order valence-electron chi connectivity index (χ3n) is 4.29. The predicted molar refractivity (Wildman–Crippen MR) is 118 cm³/mol. The highest BCUT2D eigenvalue weighted by Crippen LogP contribution is 2.31. The lowest BCUT2D eigenvalue weighted by molar-refractivity contribution is -0.119. The Labute approximate surface area is 183 Å². The zero-order valence-electron chi connectivity index (χ0n) is 17.4. The molecule has 162 valence electrons. The van der Waals surface area contributed by atoms with Crippen molar-refractivity contribution in [2.45, 2.75) is 24.3 Å². The monoisotopic (exact) mass is 441 g/mol. The summed E-state index contributed by atoms with van der Waals surface area (Å²) in [6.07, 6.45) is 0. The number of imide groups is 1. The molecular formula is C21H23N5O4S. The van der Waals surface area contributed by atoms with Crippen LogP contribution in [0.5, 0.6) is 11.5 Å². The van der Waals surface area contributed by atoms with Crippen molar-refractivity contribution in [1.29, 1.82) is 0 Å². The number of ether oxygens (including phenoxy) is 2. The fraction of sp³-hybridized carbons (Fsp3) is 0.238. The first-order valence-corrected chi connectivity index (χ1v) is 10.4. The minimum absolute atomic E-state index is 0.488. The van der Waals surface area contributed by atoms with E-state index in [4.69, 9.17) is 15.2 Å². The van der Waals surface area contributed by atoms with Gasteiger partial charge in [-0.3, -0.25) is 14.7 Å². The van der Waals surface area contributed by atoms with E-state index in [-0.39, 0.29) is 0 Å². The van der Waals surface area contributed by atoms with Gasteiger partial charge in [0, 0.05) is 11.3 Å². The molecule has 0 aliphatic rings. The number of nitrogens with zero attached hydrogens (tertiary/aromatic N) is 3. The van der Waals surface area contributed by atoms with Crippen molar-refractivity contribution in [1.82, 2.24) is 20.1 Å². The number of thioether (sulfide) groups is 1. The summed E-state index contributed by atoms with van der Waals surface area (Å²) in [5.41, 5.74) is 6.67. The maximum atomic E-state index is 12.1. The Bertz CT molecular complexity index is 1050. The van der Waals surface area contributed by atoms with Gasteiger partial charge >= 0.3 is 6.03 Å². The first-order valence-electron chi connectivity index (χ1n) is 9.53. The van der Waals surface area contributed by atoms with Gasteiger partial charge in [0.15, 0.2) is 11.0 Å². The van der Waals surface area contributed by atoms with Crippen LogP contribution in [0.15, 0.2) is 53.7 Å². The topological polar surface area (TPSA) is 121 Å². The number of hydrogen-bond acceptors (Lipinski definition) is 7. The van der Waals surface area contributed by atoms with Gasteiger partial charge in [-0.1, -0.05) is 11.8 Å². The standard InChI is InChI=1S/C21H23N5O4S/c1-4-30-17-11-7-15(8-12-17)26-18(14-5-9-16(29-3)10-6-14)24-25-21(26)31-13(2)19(27)23-20(22)28/h5-13H,4H2,1-3H3,(H3,22,23,27,28). The van der Waals surface area contributed by atoms with E-state index in [2.05, 4.69) is 15.5 Å². The summed E-state index contributed by atoms with van der Waals surface area (Å²) in [6, 6.07) is 14.0. The molecular weight excluding hydrogens is 418 g/mol. The average Bonchev–Trinajstić information content (AvgIpc) is 3.17. The van der Waals surface area contributed by atoms with Gasteiger partial charge in [0.2, 0.25) is 5.91 Å². The summed E-state index contributed by atoms with van der Waals surface area (Å²) in [4.78, 5) is 23.2. The largest absolute Gasteiger partial charge is 0.497 e. The molecule has 3 aromatic rings. The van der Waals surface area contributed by atoms with Crippen LogP contribution < -0.4 is 20.5 Å². The molecule has 9 nitrogen and oxygen atoms in total. The van der Waals surface area contributed by atoms with Crippen LogP contribution in [0.25, 0.3) is 17.1 Å². The summed E-state index contributed by atoms with van der Waals surface area (Å²) in [5, 5.41) is 10.6. The Morgan fingerprint density at radius 2 is 1.74 bits per heavy atom. The Kier molecular flexibility index (Phi) is 7.14. The van der Waals surface area contributed by atoms with Crippen LogP contribution in [0.4, 0.5) is 4.79 Å². The molecule has 1 atom stereocenters. The van der Waals surface area contributed by atoms with E-state index in [0.717, 1.165) is 22.7 Å². The van der Waals surface area contributed by atoms with Gasteiger partial charge in [0.05, 0.1) is 19.0 Å². The zero-order chi connectivity index (χ0) is 22.4. The van der Waals surface area contributed by atoms with Crippen LogP contribution >= 0.6 is 11.8 Å². The number of carbonyl (C=O) groups excluding carboxylic acids is 2. The fourth-order valence-corrected chi connectivity index (χ4v) is 3.67. The molecule has 3 rings (SSSR count). The molecule has 3 N–H and O–H groups in total. The maximum absolute atomic E-state index is 12.1. The number of aromatic nitrogens is 3. The molecule has 0 bridgehead atoms. The Morgan fingerprint density at radius 1 is 1.10 bits per heavy atom. The van der Waals surface area contributed by atoms with Crippen LogP contribution in [0.2, 0.25) is 0 Å². The van der Waals surface area contributed by atoms with Gasteiger partial charge in [-0.05, 0) is 62.4 Å². The molecule has 1 unspecified atom stereocenters. The van der Waals surface area contributed by atoms with Crippen LogP contribution in [0.3, 0.4) is 0 Å². The molecule has 0 radical (unpaired) electrons. The molecule has 3 amide bonds. The second kappa shape index (κ2) is 9.98. The number of nitrogens with two attached hydrogens (primary N) is 1. The van der Waals surface area contributed by atoms with E-state index < -0.39 is 17.2 Å². The van der Waals surface area contributed by atoms with Crippen molar-refractivity contribution in [3.8, 4) is 28.6 Å². The number of amides is 3. The van der Waals surface area contributed by atoms with Crippen LogP contribution in [-0.2, 0) is 4.79 Å². The normalized spacial score (nSPS) is 11.6. The van der Waals surface area contributed by atoms with Gasteiger partial charge in [-0.2, -0.15) is 0 Å². The van der Waals surface area contributed by atoms with Crippen LogP contribution in [-0.4, -0.2) is 45.7 Å². The molecule has 0 saturated heterocycles. The van der Waals surface area contributed by atoms with Gasteiger partial charge < -0.3 is 15.2 Å². The summed E-state index contributed by atoms with van der Waals surface area (Å²) in [5.74, 6) is 1.55. The molecule has 0 spiro atoms. The van der Waals surface area contributed by atoms with E-state index in [9.17, 15) is 9.59 Å². The highest BCUT2D eigenvalue weighted by Gasteiger charge is 2.22. The number of nitrogens with one attached hydrogen (secondary N) is 1. The Balaban J connectivity index is 2.01. The second-order valence-corrected chi connectivity index (χ2v) is 7.72. The van der Waals surface area contributed by atoms with Crippen LogP contribution in [0, 0.1) is 0 Å². The lowest BCUT2D eigenvalue weighted by Crippen LogP contribution is -2.39. The molecule has 0 aliphatic heterocycles.